The number of methoxy groups -OCH3 is 3. The number of aromatic nitrogens is 2. The molecule has 36 heavy (non-hydrogen) atoms. The average Bonchev–Trinajstić information content (AvgIpc) is 2.82. The quantitative estimate of drug-likeness (QED) is 0.351. The molecule has 0 radical (unpaired) electrons. The number of aryl methyl sites for hydroxylation is 1. The number of alkyl halides is 2. The van der Waals surface area contributed by atoms with Crippen molar-refractivity contribution in [2.24, 2.45) is 0 Å². The van der Waals surface area contributed by atoms with Gasteiger partial charge in [-0.15, -0.1) is 0 Å². The van der Waals surface area contributed by atoms with Crippen LogP contribution in [0.25, 0.3) is 10.9 Å². The van der Waals surface area contributed by atoms with Crippen LogP contribution in [0.4, 0.5) is 14.6 Å². The summed E-state index contributed by atoms with van der Waals surface area (Å²) < 4.78 is 51.9. The number of hydrogen-bond acceptors (Lipinski definition) is 8. The molecule has 0 fully saturated rings. The van der Waals surface area contributed by atoms with Crippen molar-refractivity contribution in [1.29, 1.82) is 0 Å². The fraction of sp³-hybridized carbons (Fsp3) is 0.462. The van der Waals surface area contributed by atoms with E-state index in [0.717, 1.165) is 13.8 Å². The molecule has 10 heteroatoms. The summed E-state index contributed by atoms with van der Waals surface area (Å²) in [5, 5.41) is 14.1. The van der Waals surface area contributed by atoms with Gasteiger partial charge in [0.1, 0.15) is 29.6 Å². The zero-order valence-electron chi connectivity index (χ0n) is 21.6. The highest BCUT2D eigenvalue weighted by molar-refractivity contribution is 5.92. The second-order valence-corrected chi connectivity index (χ2v) is 8.91. The third-order valence-corrected chi connectivity index (χ3v) is 5.81. The van der Waals surface area contributed by atoms with Gasteiger partial charge in [0.15, 0.2) is 11.5 Å². The summed E-state index contributed by atoms with van der Waals surface area (Å²) in [5.41, 5.74) is -1.57. The highest BCUT2D eigenvalue weighted by Crippen LogP contribution is 2.45. The summed E-state index contributed by atoms with van der Waals surface area (Å²) in [4.78, 5) is 9.06. The Morgan fingerprint density at radius 1 is 1.03 bits per heavy atom. The minimum absolute atomic E-state index is 0.00929. The van der Waals surface area contributed by atoms with E-state index in [2.05, 4.69) is 15.3 Å². The first-order valence-electron chi connectivity index (χ1n) is 11.5. The maximum absolute atomic E-state index is 15.1. The lowest BCUT2D eigenvalue weighted by atomic mass is 9.90. The van der Waals surface area contributed by atoms with Crippen LogP contribution in [0.1, 0.15) is 43.8 Å². The van der Waals surface area contributed by atoms with Crippen molar-refractivity contribution < 1.29 is 32.8 Å². The molecule has 0 saturated carbocycles. The molecular weight excluding hydrogens is 472 g/mol. The van der Waals surface area contributed by atoms with Gasteiger partial charge in [-0.1, -0.05) is 12.1 Å². The highest BCUT2D eigenvalue weighted by atomic mass is 19.3. The summed E-state index contributed by atoms with van der Waals surface area (Å²) >= 11 is 0. The minimum Gasteiger partial charge on any atom is -0.496 e. The van der Waals surface area contributed by atoms with Crippen LogP contribution < -0.4 is 19.5 Å². The SMILES string of the molecule is COCCOc1cc2c(N[C@H](C)c3cccc(C(F)(F)C(C)(C)O)c3OC)nc(C)nc2cc1OC. The van der Waals surface area contributed by atoms with E-state index >= 15 is 8.78 Å². The molecule has 0 bridgehead atoms. The number of hydrogen-bond donors (Lipinski definition) is 2. The molecule has 0 aliphatic carbocycles. The van der Waals surface area contributed by atoms with Crippen molar-refractivity contribution in [2.75, 3.05) is 39.9 Å². The summed E-state index contributed by atoms with van der Waals surface area (Å²) in [6.07, 6.45) is 0. The Hall–Kier alpha value is -3.24. The molecule has 1 heterocycles. The van der Waals surface area contributed by atoms with E-state index in [1.165, 1.54) is 19.2 Å². The second kappa shape index (κ2) is 10.8. The first-order chi connectivity index (χ1) is 16.9. The van der Waals surface area contributed by atoms with E-state index in [4.69, 9.17) is 18.9 Å². The van der Waals surface area contributed by atoms with Gasteiger partial charge in [-0.2, -0.15) is 8.78 Å². The first kappa shape index (κ1) is 27.3. The molecule has 1 aromatic heterocycles. The number of anilines is 1. The number of para-hydroxylation sites is 1. The van der Waals surface area contributed by atoms with E-state index in [0.29, 0.717) is 52.8 Å². The van der Waals surface area contributed by atoms with Crippen LogP contribution in [0.3, 0.4) is 0 Å². The van der Waals surface area contributed by atoms with E-state index in [1.54, 1.807) is 39.3 Å². The summed E-state index contributed by atoms with van der Waals surface area (Å²) in [5.74, 6) is -1.54. The Labute approximate surface area is 209 Å². The molecule has 2 aromatic carbocycles. The van der Waals surface area contributed by atoms with Crippen LogP contribution in [0.5, 0.6) is 17.2 Å². The predicted octanol–water partition coefficient (Wildman–Crippen LogP) is 5.02. The molecule has 196 valence electrons. The fourth-order valence-corrected chi connectivity index (χ4v) is 3.85. The van der Waals surface area contributed by atoms with Gasteiger partial charge in [-0.05, 0) is 39.8 Å². The Bertz CT molecular complexity index is 1210. The first-order valence-corrected chi connectivity index (χ1v) is 11.5. The fourth-order valence-electron chi connectivity index (χ4n) is 3.85. The van der Waals surface area contributed by atoms with Crippen molar-refractivity contribution in [2.45, 2.75) is 45.3 Å². The van der Waals surface area contributed by atoms with E-state index < -0.39 is 23.1 Å². The van der Waals surface area contributed by atoms with Gasteiger partial charge in [-0.25, -0.2) is 9.97 Å². The maximum Gasteiger partial charge on any atom is 0.304 e. The lowest BCUT2D eigenvalue weighted by Gasteiger charge is -2.31. The molecule has 2 N–H and O–H groups in total. The lowest BCUT2D eigenvalue weighted by Crippen LogP contribution is -2.40. The number of benzene rings is 2. The number of nitrogens with zero attached hydrogens (tertiary/aromatic N) is 2. The summed E-state index contributed by atoms with van der Waals surface area (Å²) in [6.45, 7) is 6.43. The largest absolute Gasteiger partial charge is 0.496 e. The summed E-state index contributed by atoms with van der Waals surface area (Å²) in [7, 11) is 4.46. The van der Waals surface area contributed by atoms with Gasteiger partial charge in [0.25, 0.3) is 0 Å². The Morgan fingerprint density at radius 2 is 1.75 bits per heavy atom. The van der Waals surface area contributed by atoms with Crippen molar-refractivity contribution in [3.05, 3.63) is 47.3 Å². The molecule has 1 atom stereocenters. The van der Waals surface area contributed by atoms with Gasteiger partial charge in [0.05, 0.1) is 37.9 Å². The molecule has 0 spiro atoms. The normalized spacial score (nSPS) is 12.9. The van der Waals surface area contributed by atoms with Gasteiger partial charge < -0.3 is 29.4 Å². The summed E-state index contributed by atoms with van der Waals surface area (Å²) in [6, 6.07) is 7.50. The Balaban J connectivity index is 2.06. The molecule has 0 unspecified atom stereocenters. The zero-order chi connectivity index (χ0) is 26.7. The topological polar surface area (TPSA) is 95.0 Å². The average molecular weight is 506 g/mol. The van der Waals surface area contributed by atoms with Crippen molar-refractivity contribution >= 4 is 16.7 Å². The number of ether oxygens (including phenoxy) is 4. The smallest absolute Gasteiger partial charge is 0.304 e. The number of halogens is 2. The molecule has 0 aliphatic rings. The van der Waals surface area contributed by atoms with Crippen molar-refractivity contribution in [3.63, 3.8) is 0 Å². The molecule has 0 amide bonds. The molecule has 3 aromatic rings. The van der Waals surface area contributed by atoms with Crippen LogP contribution in [-0.4, -0.2) is 55.2 Å². The number of aliphatic hydroxyl groups is 1. The third kappa shape index (κ3) is 5.44. The zero-order valence-corrected chi connectivity index (χ0v) is 21.6. The van der Waals surface area contributed by atoms with E-state index in [-0.39, 0.29) is 5.75 Å². The predicted molar refractivity (Wildman–Crippen MR) is 133 cm³/mol. The Morgan fingerprint density at radius 3 is 2.36 bits per heavy atom. The molecular formula is C26H33F2N3O5. The van der Waals surface area contributed by atoms with E-state index in [9.17, 15) is 5.11 Å². The number of rotatable bonds is 11. The standard InChI is InChI=1S/C26H33F2N3O5/c1-15(17-9-8-10-19(23(17)35-7)26(27,28)25(3,4)32)29-24-18-13-22(36-12-11-33-5)21(34-6)14-20(18)30-16(2)31-24/h8-10,13-15,32H,11-12H2,1-7H3,(H,29,30,31)/t15-/m1/s1. The lowest BCUT2D eigenvalue weighted by molar-refractivity contribution is -0.169. The maximum atomic E-state index is 15.1. The van der Waals surface area contributed by atoms with Crippen molar-refractivity contribution in [1.82, 2.24) is 9.97 Å². The molecule has 0 aliphatic heterocycles. The van der Waals surface area contributed by atoms with Gasteiger partial charge >= 0.3 is 5.92 Å². The van der Waals surface area contributed by atoms with E-state index in [1.807, 2.05) is 6.92 Å². The monoisotopic (exact) mass is 505 g/mol. The molecule has 0 saturated heterocycles. The van der Waals surface area contributed by atoms with Crippen molar-refractivity contribution in [3.8, 4) is 17.2 Å². The Kier molecular flexibility index (Phi) is 8.20. The van der Waals surface area contributed by atoms with Gasteiger partial charge in [0.2, 0.25) is 0 Å². The number of nitrogens with one attached hydrogen (secondary N) is 1. The third-order valence-electron chi connectivity index (χ3n) is 5.81. The second-order valence-electron chi connectivity index (χ2n) is 8.91. The minimum atomic E-state index is -3.54. The van der Waals surface area contributed by atoms with Gasteiger partial charge in [0, 0.05) is 24.1 Å². The molecule has 3 rings (SSSR count). The molecule has 8 nitrogen and oxygen atoms in total. The van der Waals surface area contributed by atoms with Crippen LogP contribution in [0.2, 0.25) is 0 Å². The number of fused-ring (bicyclic) bond motifs is 1. The highest BCUT2D eigenvalue weighted by Gasteiger charge is 2.49. The van der Waals surface area contributed by atoms with Crippen LogP contribution in [-0.2, 0) is 10.7 Å². The van der Waals surface area contributed by atoms with Crippen LogP contribution >= 0.6 is 0 Å². The van der Waals surface area contributed by atoms with Crippen LogP contribution in [0.15, 0.2) is 30.3 Å². The van der Waals surface area contributed by atoms with Gasteiger partial charge in [-0.3, -0.25) is 0 Å². The van der Waals surface area contributed by atoms with Crippen LogP contribution in [0, 0.1) is 6.92 Å².